The molecule has 0 aliphatic rings. The van der Waals surface area contributed by atoms with Crippen molar-refractivity contribution in [3.05, 3.63) is 63.5 Å². The van der Waals surface area contributed by atoms with E-state index in [1.54, 1.807) is 24.4 Å². The molecule has 0 N–H and O–H groups in total. The zero-order valence-corrected chi connectivity index (χ0v) is 13.5. The predicted molar refractivity (Wildman–Crippen MR) is 91.2 cm³/mol. The topological polar surface area (TPSA) is 86.2 Å². The van der Waals surface area contributed by atoms with Gasteiger partial charge in [0.25, 0.3) is 5.69 Å². The van der Waals surface area contributed by atoms with E-state index in [-0.39, 0.29) is 11.0 Å². The number of imidazole rings is 1. The van der Waals surface area contributed by atoms with Crippen molar-refractivity contribution in [3.63, 3.8) is 0 Å². The summed E-state index contributed by atoms with van der Waals surface area (Å²) in [7, 11) is 0. The van der Waals surface area contributed by atoms with Crippen LogP contribution >= 0.6 is 22.9 Å². The minimum atomic E-state index is -0.427. The van der Waals surface area contributed by atoms with Gasteiger partial charge in [0.05, 0.1) is 10.6 Å². The molecule has 0 radical (unpaired) electrons. The van der Waals surface area contributed by atoms with Crippen LogP contribution in [0, 0.1) is 10.1 Å². The van der Waals surface area contributed by atoms with Gasteiger partial charge < -0.3 is 0 Å². The number of halogens is 1. The van der Waals surface area contributed by atoms with E-state index in [0.717, 1.165) is 10.7 Å². The lowest BCUT2D eigenvalue weighted by Crippen LogP contribution is -1.93. The van der Waals surface area contributed by atoms with Crippen LogP contribution in [-0.2, 0) is 0 Å². The Balaban J connectivity index is 1.99. The van der Waals surface area contributed by atoms with Gasteiger partial charge >= 0.3 is 0 Å². The monoisotopic (exact) mass is 357 g/mol. The van der Waals surface area contributed by atoms with Gasteiger partial charge in [0, 0.05) is 35.5 Å². The normalized spacial score (nSPS) is 11.0. The molecular formula is C15H8ClN5O2S. The second-order valence-corrected chi connectivity index (χ2v) is 6.09. The van der Waals surface area contributed by atoms with E-state index >= 15 is 0 Å². The molecule has 0 bridgehead atoms. The molecule has 118 valence electrons. The first kappa shape index (κ1) is 14.7. The summed E-state index contributed by atoms with van der Waals surface area (Å²) in [6.07, 6.45) is 3.44. The Morgan fingerprint density at radius 1 is 1.25 bits per heavy atom. The maximum atomic E-state index is 11.1. The summed E-state index contributed by atoms with van der Waals surface area (Å²) >= 11 is 7.38. The SMILES string of the molecule is O=[N+]([O-])c1cccc(-c2nc3sccn3c2-c2ccnc(Cl)n2)c1. The van der Waals surface area contributed by atoms with Gasteiger partial charge in [0.15, 0.2) is 4.96 Å². The first-order valence-electron chi connectivity index (χ1n) is 6.83. The Labute approximate surface area is 144 Å². The second kappa shape index (κ2) is 5.66. The molecule has 9 heteroatoms. The van der Waals surface area contributed by atoms with E-state index in [2.05, 4.69) is 15.0 Å². The van der Waals surface area contributed by atoms with Gasteiger partial charge in [-0.15, -0.1) is 11.3 Å². The molecule has 4 aromatic rings. The molecule has 3 heterocycles. The summed E-state index contributed by atoms with van der Waals surface area (Å²) in [5.41, 5.74) is 2.58. The highest BCUT2D eigenvalue weighted by Crippen LogP contribution is 2.34. The Hall–Kier alpha value is -2.84. The molecular weight excluding hydrogens is 350 g/mol. The van der Waals surface area contributed by atoms with E-state index in [0.29, 0.717) is 17.0 Å². The molecule has 0 aliphatic heterocycles. The Morgan fingerprint density at radius 2 is 2.12 bits per heavy atom. The minimum Gasteiger partial charge on any atom is -0.288 e. The zero-order chi connectivity index (χ0) is 16.7. The van der Waals surface area contributed by atoms with Gasteiger partial charge in [-0.3, -0.25) is 14.5 Å². The Morgan fingerprint density at radius 3 is 2.92 bits per heavy atom. The third-order valence-corrected chi connectivity index (χ3v) is 4.40. The summed E-state index contributed by atoms with van der Waals surface area (Å²) in [5, 5.41) is 13.1. The third-order valence-electron chi connectivity index (χ3n) is 3.46. The van der Waals surface area contributed by atoms with Crippen molar-refractivity contribution < 1.29 is 4.92 Å². The largest absolute Gasteiger partial charge is 0.288 e. The molecule has 7 nitrogen and oxygen atoms in total. The number of nitro benzene ring substituents is 1. The summed E-state index contributed by atoms with van der Waals surface area (Å²) in [6.45, 7) is 0. The van der Waals surface area contributed by atoms with Crippen LogP contribution in [-0.4, -0.2) is 24.3 Å². The molecule has 0 spiro atoms. The van der Waals surface area contributed by atoms with Crippen molar-refractivity contribution in [2.24, 2.45) is 0 Å². The fraction of sp³-hybridized carbons (Fsp3) is 0. The first-order valence-corrected chi connectivity index (χ1v) is 8.08. The van der Waals surface area contributed by atoms with Crippen LogP contribution in [0.4, 0.5) is 5.69 Å². The maximum Gasteiger partial charge on any atom is 0.270 e. The molecule has 4 rings (SSSR count). The number of rotatable bonds is 3. The molecule has 0 aliphatic carbocycles. The Kier molecular flexibility index (Phi) is 3.47. The van der Waals surface area contributed by atoms with Crippen LogP contribution in [0.3, 0.4) is 0 Å². The number of hydrogen-bond donors (Lipinski definition) is 0. The lowest BCUT2D eigenvalue weighted by atomic mass is 10.1. The van der Waals surface area contributed by atoms with Crippen molar-refractivity contribution in [3.8, 4) is 22.6 Å². The van der Waals surface area contributed by atoms with Crippen LogP contribution in [0.5, 0.6) is 0 Å². The molecule has 3 aromatic heterocycles. The van der Waals surface area contributed by atoms with Crippen LogP contribution in [0.25, 0.3) is 27.6 Å². The van der Waals surface area contributed by atoms with Gasteiger partial charge in [-0.2, -0.15) is 0 Å². The minimum absolute atomic E-state index is 0.00974. The van der Waals surface area contributed by atoms with Gasteiger partial charge in [0.2, 0.25) is 5.28 Å². The molecule has 0 unspecified atom stereocenters. The summed E-state index contributed by atoms with van der Waals surface area (Å²) in [5.74, 6) is 0. The maximum absolute atomic E-state index is 11.1. The van der Waals surface area contributed by atoms with Gasteiger partial charge in [-0.25, -0.2) is 15.0 Å². The highest BCUT2D eigenvalue weighted by atomic mass is 35.5. The summed E-state index contributed by atoms with van der Waals surface area (Å²) in [6, 6.07) is 8.10. The van der Waals surface area contributed by atoms with Crippen molar-refractivity contribution in [2.75, 3.05) is 0 Å². The van der Waals surface area contributed by atoms with Gasteiger partial charge in [0.1, 0.15) is 11.4 Å². The first-order chi connectivity index (χ1) is 11.6. The molecule has 0 atom stereocenters. The van der Waals surface area contributed by atoms with Crippen LogP contribution < -0.4 is 0 Å². The molecule has 0 saturated carbocycles. The molecule has 24 heavy (non-hydrogen) atoms. The van der Waals surface area contributed by atoms with Crippen LogP contribution in [0.15, 0.2) is 48.1 Å². The van der Waals surface area contributed by atoms with E-state index < -0.39 is 4.92 Å². The van der Waals surface area contributed by atoms with Crippen LogP contribution in [0.1, 0.15) is 0 Å². The number of aromatic nitrogens is 4. The predicted octanol–water partition coefficient (Wildman–Crippen LogP) is 4.08. The number of hydrogen-bond acceptors (Lipinski definition) is 6. The highest BCUT2D eigenvalue weighted by Gasteiger charge is 2.19. The average Bonchev–Trinajstić information content (AvgIpc) is 3.15. The number of nitro groups is 1. The zero-order valence-electron chi connectivity index (χ0n) is 12.0. The number of thiazole rings is 1. The lowest BCUT2D eigenvalue weighted by molar-refractivity contribution is -0.384. The molecule has 0 saturated heterocycles. The van der Waals surface area contributed by atoms with Crippen LogP contribution in [0.2, 0.25) is 5.28 Å². The number of fused-ring (bicyclic) bond motifs is 1. The number of non-ortho nitro benzene ring substituents is 1. The quantitative estimate of drug-likeness (QED) is 0.313. The highest BCUT2D eigenvalue weighted by molar-refractivity contribution is 7.15. The molecule has 0 amide bonds. The lowest BCUT2D eigenvalue weighted by Gasteiger charge is -2.04. The van der Waals surface area contributed by atoms with E-state index in [1.807, 2.05) is 16.0 Å². The van der Waals surface area contributed by atoms with Crippen molar-refractivity contribution >= 4 is 33.6 Å². The number of nitrogens with zero attached hydrogens (tertiary/aromatic N) is 5. The summed E-state index contributed by atoms with van der Waals surface area (Å²) < 4.78 is 1.89. The van der Waals surface area contributed by atoms with Crippen molar-refractivity contribution in [1.29, 1.82) is 0 Å². The van der Waals surface area contributed by atoms with Crippen molar-refractivity contribution in [1.82, 2.24) is 19.4 Å². The second-order valence-electron chi connectivity index (χ2n) is 4.88. The average molecular weight is 358 g/mol. The number of benzene rings is 1. The van der Waals surface area contributed by atoms with Gasteiger partial charge in [-0.1, -0.05) is 12.1 Å². The standard InChI is InChI=1S/C15H8ClN5O2S/c16-14-17-5-4-11(18-14)13-12(19-15-20(13)6-7-24-15)9-2-1-3-10(8-9)21(22)23/h1-8H. The molecule has 1 aromatic carbocycles. The third kappa shape index (κ3) is 2.41. The fourth-order valence-electron chi connectivity index (χ4n) is 2.47. The Bertz CT molecular complexity index is 1070. The summed E-state index contributed by atoms with van der Waals surface area (Å²) in [4.78, 5) is 24.1. The van der Waals surface area contributed by atoms with E-state index in [4.69, 9.17) is 11.6 Å². The fourth-order valence-corrected chi connectivity index (χ4v) is 3.33. The molecule has 0 fully saturated rings. The van der Waals surface area contributed by atoms with E-state index in [9.17, 15) is 10.1 Å². The smallest absolute Gasteiger partial charge is 0.270 e. The van der Waals surface area contributed by atoms with Gasteiger partial charge in [-0.05, 0) is 17.7 Å². The van der Waals surface area contributed by atoms with E-state index in [1.165, 1.54) is 23.5 Å². The van der Waals surface area contributed by atoms with Crippen molar-refractivity contribution in [2.45, 2.75) is 0 Å².